The highest BCUT2D eigenvalue weighted by atomic mass is 16.5. The summed E-state index contributed by atoms with van der Waals surface area (Å²) >= 11 is 0. The molecule has 0 bridgehead atoms. The second-order valence-electron chi connectivity index (χ2n) is 8.08. The number of nitrogens with one attached hydrogen (secondary N) is 1. The third-order valence-electron chi connectivity index (χ3n) is 5.58. The maximum Gasteiger partial charge on any atom is 0.317 e. The van der Waals surface area contributed by atoms with Gasteiger partial charge in [-0.15, -0.1) is 0 Å². The van der Waals surface area contributed by atoms with Crippen LogP contribution < -0.4 is 5.32 Å². The number of hydrogen-bond donors (Lipinski definition) is 1. The summed E-state index contributed by atoms with van der Waals surface area (Å²) in [6, 6.07) is 1.65. The Hall–Kier alpha value is -1.86. The van der Waals surface area contributed by atoms with Gasteiger partial charge in [-0.3, -0.25) is 4.90 Å². The van der Waals surface area contributed by atoms with Crippen molar-refractivity contribution >= 4 is 6.03 Å². The average molecular weight is 377 g/mol. The van der Waals surface area contributed by atoms with Crippen molar-refractivity contribution in [1.82, 2.24) is 20.3 Å². The van der Waals surface area contributed by atoms with E-state index in [9.17, 15) is 4.79 Å². The van der Waals surface area contributed by atoms with E-state index in [0.717, 1.165) is 51.0 Å². The molecule has 1 aromatic rings. The quantitative estimate of drug-likeness (QED) is 0.773. The van der Waals surface area contributed by atoms with Crippen molar-refractivity contribution in [3.63, 3.8) is 0 Å². The Morgan fingerprint density at radius 1 is 1.41 bits per heavy atom. The highest BCUT2D eigenvalue weighted by molar-refractivity contribution is 5.73. The Balaban J connectivity index is 1.38. The number of ether oxygens (including phenoxy) is 1. The summed E-state index contributed by atoms with van der Waals surface area (Å²) in [4.78, 5) is 16.3. The van der Waals surface area contributed by atoms with Crippen molar-refractivity contribution in [2.45, 2.75) is 57.8 Å². The van der Waals surface area contributed by atoms with Gasteiger partial charge in [0.2, 0.25) is 0 Å². The summed E-state index contributed by atoms with van der Waals surface area (Å²) < 4.78 is 11.2. The van der Waals surface area contributed by atoms with Gasteiger partial charge in [-0.1, -0.05) is 16.8 Å². The molecule has 2 amide bonds. The number of rotatable bonds is 6. The number of hydrogen-bond acceptors (Lipinski definition) is 5. The molecule has 1 N–H and O–H groups in total. The van der Waals surface area contributed by atoms with Gasteiger partial charge in [-0.2, -0.15) is 0 Å². The molecule has 1 aromatic heterocycles. The minimum atomic E-state index is -0.112. The Bertz CT molecular complexity index is 632. The first-order valence-corrected chi connectivity index (χ1v) is 9.87. The van der Waals surface area contributed by atoms with Gasteiger partial charge in [0.15, 0.2) is 0 Å². The molecule has 7 heteroatoms. The van der Waals surface area contributed by atoms with Crippen LogP contribution in [0.2, 0.25) is 0 Å². The van der Waals surface area contributed by atoms with Crippen molar-refractivity contribution in [2.75, 3.05) is 33.2 Å². The number of aromatic nitrogens is 1. The maximum absolute atomic E-state index is 12.3. The van der Waals surface area contributed by atoms with Crippen LogP contribution in [0, 0.1) is 0 Å². The molecule has 2 aliphatic heterocycles. The fourth-order valence-electron chi connectivity index (χ4n) is 3.83. The van der Waals surface area contributed by atoms with Crippen LogP contribution in [0.1, 0.15) is 45.2 Å². The molecule has 0 aliphatic carbocycles. The molecular formula is C20H32N4O3. The van der Waals surface area contributed by atoms with E-state index in [-0.39, 0.29) is 17.7 Å². The zero-order valence-electron chi connectivity index (χ0n) is 16.7. The minimum absolute atomic E-state index is 0.0173. The number of nitrogens with zero attached hydrogens (tertiary/aromatic N) is 3. The molecule has 27 heavy (non-hydrogen) atoms. The molecule has 150 valence electrons. The largest absolute Gasteiger partial charge is 0.370 e. The molecule has 0 radical (unpaired) electrons. The molecule has 7 nitrogen and oxygen atoms in total. The van der Waals surface area contributed by atoms with Crippen molar-refractivity contribution in [1.29, 1.82) is 0 Å². The summed E-state index contributed by atoms with van der Waals surface area (Å²) in [5, 5.41) is 6.82. The van der Waals surface area contributed by atoms with E-state index in [2.05, 4.69) is 35.3 Å². The van der Waals surface area contributed by atoms with Gasteiger partial charge in [-0.25, -0.2) is 4.79 Å². The fraction of sp³-hybridized carbons (Fsp3) is 0.700. The second-order valence-corrected chi connectivity index (χ2v) is 8.08. The maximum atomic E-state index is 12.3. The summed E-state index contributed by atoms with van der Waals surface area (Å²) in [5.41, 5.74) is 2.13. The van der Waals surface area contributed by atoms with E-state index in [1.54, 1.807) is 18.0 Å². The number of carbonyl (C=O) groups excluding carboxylic acids is 1. The van der Waals surface area contributed by atoms with E-state index >= 15 is 0 Å². The normalized spacial score (nSPS) is 22.0. The predicted molar refractivity (Wildman–Crippen MR) is 103 cm³/mol. The van der Waals surface area contributed by atoms with Gasteiger partial charge in [-0.05, 0) is 39.5 Å². The number of urea groups is 1. The van der Waals surface area contributed by atoms with Crippen LogP contribution in [-0.4, -0.2) is 65.9 Å². The number of allylic oxidation sites excluding steroid dienone is 1. The number of carbonyl (C=O) groups is 1. The Labute approximate surface area is 161 Å². The van der Waals surface area contributed by atoms with Gasteiger partial charge in [0.25, 0.3) is 0 Å². The molecule has 2 aliphatic rings. The first-order valence-electron chi connectivity index (χ1n) is 9.87. The molecule has 0 saturated carbocycles. The molecule has 0 aromatic carbocycles. The Morgan fingerprint density at radius 3 is 2.85 bits per heavy atom. The van der Waals surface area contributed by atoms with Crippen LogP contribution in [0.4, 0.5) is 4.79 Å². The number of likely N-dealkylation sites (tertiary alicyclic amines) is 1. The number of piperidine rings is 1. The fourth-order valence-corrected chi connectivity index (χ4v) is 3.83. The summed E-state index contributed by atoms with van der Waals surface area (Å²) in [5.74, 6) is 0. The van der Waals surface area contributed by atoms with Crippen molar-refractivity contribution < 1.29 is 14.1 Å². The molecule has 1 atom stereocenters. The molecule has 2 saturated heterocycles. The lowest BCUT2D eigenvalue weighted by Gasteiger charge is -2.39. The van der Waals surface area contributed by atoms with E-state index in [4.69, 9.17) is 9.26 Å². The smallest absolute Gasteiger partial charge is 0.317 e. The molecule has 3 rings (SSSR count). The van der Waals surface area contributed by atoms with Crippen LogP contribution >= 0.6 is 0 Å². The summed E-state index contributed by atoms with van der Waals surface area (Å²) in [6.45, 7) is 8.49. The highest BCUT2D eigenvalue weighted by Crippen LogP contribution is 2.38. The monoisotopic (exact) mass is 376 g/mol. The van der Waals surface area contributed by atoms with Crippen LogP contribution in [-0.2, 0) is 11.3 Å². The van der Waals surface area contributed by atoms with Crippen molar-refractivity contribution in [2.24, 2.45) is 0 Å². The first-order chi connectivity index (χ1) is 13.0. The van der Waals surface area contributed by atoms with Crippen molar-refractivity contribution in [3.05, 3.63) is 29.7 Å². The molecule has 1 spiro atoms. The Morgan fingerprint density at radius 2 is 2.19 bits per heavy atom. The lowest BCUT2D eigenvalue weighted by Crippen LogP contribution is -2.45. The van der Waals surface area contributed by atoms with Crippen LogP contribution in [0.25, 0.3) is 0 Å². The predicted octanol–water partition coefficient (Wildman–Crippen LogP) is 2.80. The SMILES string of the molecule is CC(C)=CCN1CCC2(CCC(CNC(=O)N(C)Cc3ccon3)O2)CC1. The zero-order valence-corrected chi connectivity index (χ0v) is 16.7. The van der Waals surface area contributed by atoms with Gasteiger partial charge < -0.3 is 19.5 Å². The molecule has 2 fully saturated rings. The van der Waals surface area contributed by atoms with Crippen LogP contribution in [0.15, 0.2) is 28.5 Å². The van der Waals surface area contributed by atoms with Crippen LogP contribution in [0.5, 0.6) is 0 Å². The second kappa shape index (κ2) is 8.89. The molecule has 1 unspecified atom stereocenters. The lowest BCUT2D eigenvalue weighted by atomic mass is 9.88. The number of amides is 2. The molecule has 3 heterocycles. The Kier molecular flexibility index (Phi) is 6.55. The van der Waals surface area contributed by atoms with Gasteiger partial charge in [0.1, 0.15) is 12.0 Å². The lowest BCUT2D eigenvalue weighted by molar-refractivity contribution is -0.0740. The summed E-state index contributed by atoms with van der Waals surface area (Å²) in [6.07, 6.45) is 8.19. The van der Waals surface area contributed by atoms with E-state index in [0.29, 0.717) is 13.1 Å². The first kappa shape index (κ1) is 19.9. The van der Waals surface area contributed by atoms with Crippen LogP contribution in [0.3, 0.4) is 0 Å². The van der Waals surface area contributed by atoms with Gasteiger partial charge in [0, 0.05) is 39.3 Å². The third kappa shape index (κ3) is 5.56. The third-order valence-corrected chi connectivity index (χ3v) is 5.58. The van der Waals surface area contributed by atoms with Crippen molar-refractivity contribution in [3.8, 4) is 0 Å². The standard InChI is InChI=1S/C20H32N4O3/c1-16(2)5-10-24-11-8-20(9-12-24)7-4-18(27-20)14-21-19(25)23(3)15-17-6-13-26-22-17/h5-6,13,18H,4,7-12,14-15H2,1-3H3,(H,21,25). The average Bonchev–Trinajstić information content (AvgIpc) is 3.29. The van der Waals surface area contributed by atoms with E-state index in [1.165, 1.54) is 11.8 Å². The molecular weight excluding hydrogens is 344 g/mol. The van der Waals surface area contributed by atoms with Gasteiger partial charge in [0.05, 0.1) is 18.2 Å². The minimum Gasteiger partial charge on any atom is -0.370 e. The zero-order chi connectivity index (χ0) is 19.3. The van der Waals surface area contributed by atoms with Gasteiger partial charge >= 0.3 is 6.03 Å². The van der Waals surface area contributed by atoms with E-state index < -0.39 is 0 Å². The highest BCUT2D eigenvalue weighted by Gasteiger charge is 2.42. The topological polar surface area (TPSA) is 70.8 Å². The summed E-state index contributed by atoms with van der Waals surface area (Å²) in [7, 11) is 1.75. The van der Waals surface area contributed by atoms with E-state index in [1.807, 2.05) is 0 Å².